The van der Waals surface area contributed by atoms with Gasteiger partial charge in [-0.2, -0.15) is 0 Å². The highest BCUT2D eigenvalue weighted by Gasteiger charge is 2.12. The first-order chi connectivity index (χ1) is 8.31. The number of pyridine rings is 1. The van der Waals surface area contributed by atoms with Crippen LogP contribution in [0.25, 0.3) is 0 Å². The van der Waals surface area contributed by atoms with Crippen LogP contribution in [-0.4, -0.2) is 18.6 Å². The summed E-state index contributed by atoms with van der Waals surface area (Å²) in [6, 6.07) is 12.8. The minimum atomic E-state index is 0.370. The van der Waals surface area contributed by atoms with Crippen LogP contribution < -0.4 is 5.32 Å². The second-order valence-electron chi connectivity index (χ2n) is 4.31. The Morgan fingerprint density at radius 2 is 1.88 bits per heavy atom. The molecule has 2 aromatic rings. The van der Waals surface area contributed by atoms with E-state index in [2.05, 4.69) is 47.6 Å². The molecular formula is C15H18N2. The largest absolute Gasteiger partial charge is 0.319 e. The molecule has 2 heteroatoms. The molecule has 0 bridgehead atoms. The number of benzene rings is 1. The zero-order chi connectivity index (χ0) is 12.1. The van der Waals surface area contributed by atoms with E-state index >= 15 is 0 Å². The second kappa shape index (κ2) is 5.60. The third kappa shape index (κ3) is 2.92. The van der Waals surface area contributed by atoms with Crippen LogP contribution >= 0.6 is 0 Å². The lowest BCUT2D eigenvalue weighted by Gasteiger charge is -2.17. The van der Waals surface area contributed by atoms with Crippen molar-refractivity contribution in [2.24, 2.45) is 0 Å². The lowest BCUT2D eigenvalue weighted by molar-refractivity contribution is 0.705. The summed E-state index contributed by atoms with van der Waals surface area (Å²) in [6.45, 7) is 3.04. The first-order valence-corrected chi connectivity index (χ1v) is 5.92. The predicted molar refractivity (Wildman–Crippen MR) is 71.2 cm³/mol. The summed E-state index contributed by atoms with van der Waals surface area (Å²) in [7, 11) is 1.98. The van der Waals surface area contributed by atoms with Gasteiger partial charge in [0.25, 0.3) is 0 Å². The van der Waals surface area contributed by atoms with Crippen LogP contribution in [0, 0.1) is 6.92 Å². The molecule has 1 aromatic carbocycles. The third-order valence-electron chi connectivity index (χ3n) is 2.97. The van der Waals surface area contributed by atoms with Crippen molar-refractivity contribution in [2.45, 2.75) is 12.8 Å². The minimum Gasteiger partial charge on any atom is -0.319 e. The fourth-order valence-corrected chi connectivity index (χ4v) is 2.01. The monoisotopic (exact) mass is 226 g/mol. The van der Waals surface area contributed by atoms with E-state index in [1.807, 2.05) is 25.5 Å². The molecule has 2 rings (SSSR count). The molecule has 0 saturated heterocycles. The van der Waals surface area contributed by atoms with Gasteiger partial charge in [0, 0.05) is 24.9 Å². The summed E-state index contributed by atoms with van der Waals surface area (Å²) < 4.78 is 0. The van der Waals surface area contributed by atoms with E-state index in [0.717, 1.165) is 6.54 Å². The topological polar surface area (TPSA) is 24.9 Å². The van der Waals surface area contributed by atoms with E-state index < -0.39 is 0 Å². The van der Waals surface area contributed by atoms with E-state index in [1.54, 1.807) is 0 Å². The van der Waals surface area contributed by atoms with Crippen molar-refractivity contribution >= 4 is 0 Å². The number of likely N-dealkylation sites (N-methyl/N-ethyl adjacent to an activating group) is 1. The van der Waals surface area contributed by atoms with E-state index in [9.17, 15) is 0 Å². The van der Waals surface area contributed by atoms with Crippen LogP contribution in [0.4, 0.5) is 0 Å². The molecule has 88 valence electrons. The normalized spacial score (nSPS) is 12.4. The Bertz CT molecular complexity index is 448. The third-order valence-corrected chi connectivity index (χ3v) is 2.97. The molecule has 0 fully saturated rings. The van der Waals surface area contributed by atoms with Gasteiger partial charge in [-0.15, -0.1) is 0 Å². The van der Waals surface area contributed by atoms with Gasteiger partial charge >= 0.3 is 0 Å². The van der Waals surface area contributed by atoms with Crippen molar-refractivity contribution in [3.63, 3.8) is 0 Å². The molecule has 0 aliphatic rings. The van der Waals surface area contributed by atoms with Gasteiger partial charge in [-0.25, -0.2) is 0 Å². The molecule has 0 aliphatic carbocycles. The number of rotatable bonds is 4. The van der Waals surface area contributed by atoms with Crippen LogP contribution in [0.5, 0.6) is 0 Å². The summed E-state index contributed by atoms with van der Waals surface area (Å²) >= 11 is 0. The van der Waals surface area contributed by atoms with Crippen molar-refractivity contribution in [1.29, 1.82) is 0 Å². The summed E-state index contributed by atoms with van der Waals surface area (Å²) in [5.41, 5.74) is 3.88. The highest BCUT2D eigenvalue weighted by Crippen LogP contribution is 2.23. The van der Waals surface area contributed by atoms with E-state index in [1.165, 1.54) is 16.7 Å². The molecule has 1 N–H and O–H groups in total. The van der Waals surface area contributed by atoms with Crippen molar-refractivity contribution in [3.05, 3.63) is 65.5 Å². The van der Waals surface area contributed by atoms with Crippen molar-refractivity contribution in [1.82, 2.24) is 10.3 Å². The fraction of sp³-hybridized carbons (Fsp3) is 0.267. The lowest BCUT2D eigenvalue weighted by Crippen LogP contribution is -2.18. The van der Waals surface area contributed by atoms with E-state index in [4.69, 9.17) is 0 Å². The zero-order valence-electron chi connectivity index (χ0n) is 10.4. The maximum absolute atomic E-state index is 4.20. The second-order valence-corrected chi connectivity index (χ2v) is 4.31. The molecule has 0 radical (unpaired) electrons. The number of nitrogens with zero attached hydrogens (tertiary/aromatic N) is 1. The SMILES string of the molecule is CNCC(c1ccc(C)cc1)c1cccnc1. The molecule has 0 spiro atoms. The summed E-state index contributed by atoms with van der Waals surface area (Å²) in [5, 5.41) is 3.25. The molecule has 0 saturated carbocycles. The van der Waals surface area contributed by atoms with Crippen molar-refractivity contribution < 1.29 is 0 Å². The maximum Gasteiger partial charge on any atom is 0.0306 e. The van der Waals surface area contributed by atoms with Gasteiger partial charge < -0.3 is 5.32 Å². The molecule has 1 aromatic heterocycles. The Hall–Kier alpha value is -1.67. The minimum absolute atomic E-state index is 0.370. The first kappa shape index (κ1) is 11.8. The van der Waals surface area contributed by atoms with Crippen LogP contribution in [0.2, 0.25) is 0 Å². The molecular weight excluding hydrogens is 208 g/mol. The van der Waals surface area contributed by atoms with Gasteiger partial charge in [-0.05, 0) is 31.2 Å². The van der Waals surface area contributed by atoms with Crippen molar-refractivity contribution in [2.75, 3.05) is 13.6 Å². The number of nitrogens with one attached hydrogen (secondary N) is 1. The maximum atomic E-state index is 4.20. The standard InChI is InChI=1S/C15H18N2/c1-12-5-7-13(8-6-12)15(11-16-2)14-4-3-9-17-10-14/h3-10,15-16H,11H2,1-2H3. The molecule has 0 amide bonds. The summed E-state index contributed by atoms with van der Waals surface area (Å²) in [6.07, 6.45) is 3.76. The summed E-state index contributed by atoms with van der Waals surface area (Å²) in [5.74, 6) is 0.370. The van der Waals surface area contributed by atoms with Crippen LogP contribution in [0.1, 0.15) is 22.6 Å². The highest BCUT2D eigenvalue weighted by molar-refractivity contribution is 5.33. The van der Waals surface area contributed by atoms with Gasteiger partial charge in [0.05, 0.1) is 0 Å². The molecule has 1 atom stereocenters. The fourth-order valence-electron chi connectivity index (χ4n) is 2.01. The highest BCUT2D eigenvalue weighted by atomic mass is 14.8. The zero-order valence-corrected chi connectivity index (χ0v) is 10.4. The van der Waals surface area contributed by atoms with Gasteiger partial charge in [0.15, 0.2) is 0 Å². The Morgan fingerprint density at radius 1 is 1.12 bits per heavy atom. The number of aryl methyl sites for hydroxylation is 1. The van der Waals surface area contributed by atoms with Gasteiger partial charge in [-0.1, -0.05) is 35.9 Å². The van der Waals surface area contributed by atoms with Gasteiger partial charge in [-0.3, -0.25) is 4.98 Å². The Balaban J connectivity index is 2.32. The first-order valence-electron chi connectivity index (χ1n) is 5.92. The predicted octanol–water partition coefficient (Wildman–Crippen LogP) is 2.74. The Labute approximate surface area is 103 Å². The Morgan fingerprint density at radius 3 is 2.47 bits per heavy atom. The molecule has 17 heavy (non-hydrogen) atoms. The average Bonchev–Trinajstić information content (AvgIpc) is 2.38. The smallest absolute Gasteiger partial charge is 0.0306 e. The summed E-state index contributed by atoms with van der Waals surface area (Å²) in [4.78, 5) is 4.20. The van der Waals surface area contributed by atoms with Gasteiger partial charge in [0.2, 0.25) is 0 Å². The van der Waals surface area contributed by atoms with Crippen LogP contribution in [0.3, 0.4) is 0 Å². The number of hydrogen-bond acceptors (Lipinski definition) is 2. The van der Waals surface area contributed by atoms with E-state index in [-0.39, 0.29) is 0 Å². The Kier molecular flexibility index (Phi) is 3.89. The molecule has 1 heterocycles. The van der Waals surface area contributed by atoms with Crippen LogP contribution in [-0.2, 0) is 0 Å². The lowest BCUT2D eigenvalue weighted by atomic mass is 9.92. The number of aromatic nitrogens is 1. The molecule has 0 aliphatic heterocycles. The van der Waals surface area contributed by atoms with E-state index in [0.29, 0.717) is 5.92 Å². The van der Waals surface area contributed by atoms with Crippen molar-refractivity contribution in [3.8, 4) is 0 Å². The number of hydrogen-bond donors (Lipinski definition) is 1. The molecule has 2 nitrogen and oxygen atoms in total. The quantitative estimate of drug-likeness (QED) is 0.867. The van der Waals surface area contributed by atoms with Crippen LogP contribution in [0.15, 0.2) is 48.8 Å². The van der Waals surface area contributed by atoms with Gasteiger partial charge in [0.1, 0.15) is 0 Å². The average molecular weight is 226 g/mol. The molecule has 1 unspecified atom stereocenters.